The van der Waals surface area contributed by atoms with Gasteiger partial charge in [0, 0.05) is 16.8 Å². The molecule has 2 heterocycles. The highest BCUT2D eigenvalue weighted by Gasteiger charge is 2.18. The molecule has 1 aliphatic heterocycles. The van der Waals surface area contributed by atoms with Crippen LogP contribution < -0.4 is 0 Å². The first kappa shape index (κ1) is 10.5. The quantitative estimate of drug-likeness (QED) is 0.782. The molecule has 0 amide bonds. The molecule has 2 heteroatoms. The Morgan fingerprint density at radius 2 is 2.00 bits per heavy atom. The minimum absolute atomic E-state index is 0.691. The summed E-state index contributed by atoms with van der Waals surface area (Å²) in [5, 5.41) is 0. The Balaban J connectivity index is 2.19. The molecule has 2 aromatic rings. The van der Waals surface area contributed by atoms with Gasteiger partial charge in [0.25, 0.3) is 0 Å². The van der Waals surface area contributed by atoms with Crippen molar-refractivity contribution in [1.82, 2.24) is 4.98 Å². The van der Waals surface area contributed by atoms with Crippen molar-refractivity contribution in [3.8, 4) is 11.3 Å². The number of ether oxygens (including phenoxy) is 1. The molecule has 0 unspecified atom stereocenters. The van der Waals surface area contributed by atoms with Crippen LogP contribution in [0, 0.1) is 0 Å². The Kier molecular flexibility index (Phi) is 2.65. The second-order valence-corrected chi connectivity index (χ2v) is 4.31. The summed E-state index contributed by atoms with van der Waals surface area (Å²) in [7, 11) is 0. The molecule has 0 N–H and O–H groups in total. The fourth-order valence-electron chi connectivity index (χ4n) is 2.25. The molecular formula is C15H15NO. The van der Waals surface area contributed by atoms with E-state index in [2.05, 4.69) is 37.3 Å². The Bertz CT molecular complexity index is 534. The van der Waals surface area contributed by atoms with Gasteiger partial charge in [-0.25, -0.2) is 0 Å². The molecule has 86 valence electrons. The van der Waals surface area contributed by atoms with E-state index in [9.17, 15) is 0 Å². The summed E-state index contributed by atoms with van der Waals surface area (Å²) in [5.74, 6) is 0. The maximum absolute atomic E-state index is 5.54. The highest BCUT2D eigenvalue weighted by atomic mass is 16.5. The minimum Gasteiger partial charge on any atom is -0.372 e. The lowest BCUT2D eigenvalue weighted by molar-refractivity contribution is 0.134. The van der Waals surface area contributed by atoms with Gasteiger partial charge in [-0.1, -0.05) is 37.3 Å². The van der Waals surface area contributed by atoms with Gasteiger partial charge in [0.2, 0.25) is 0 Å². The van der Waals surface area contributed by atoms with Gasteiger partial charge in [0.1, 0.15) is 0 Å². The summed E-state index contributed by atoms with van der Waals surface area (Å²) in [4.78, 5) is 4.75. The minimum atomic E-state index is 0.691. The van der Waals surface area contributed by atoms with Crippen LogP contribution in [0.15, 0.2) is 36.4 Å². The summed E-state index contributed by atoms with van der Waals surface area (Å²) in [6.45, 7) is 3.56. The normalized spacial score (nSPS) is 13.7. The molecule has 0 saturated heterocycles. The molecule has 1 aromatic heterocycles. The largest absolute Gasteiger partial charge is 0.372 e. The van der Waals surface area contributed by atoms with E-state index in [-0.39, 0.29) is 0 Å². The smallest absolute Gasteiger partial charge is 0.0764 e. The van der Waals surface area contributed by atoms with E-state index in [1.54, 1.807) is 0 Å². The van der Waals surface area contributed by atoms with Gasteiger partial charge in [-0.05, 0) is 18.1 Å². The van der Waals surface area contributed by atoms with Crippen molar-refractivity contribution < 1.29 is 4.74 Å². The molecule has 2 nitrogen and oxygen atoms in total. The second-order valence-electron chi connectivity index (χ2n) is 4.31. The van der Waals surface area contributed by atoms with E-state index in [0.29, 0.717) is 6.61 Å². The van der Waals surface area contributed by atoms with E-state index in [1.165, 1.54) is 16.7 Å². The third kappa shape index (κ3) is 1.85. The predicted molar refractivity (Wildman–Crippen MR) is 67.5 cm³/mol. The SMILES string of the molecule is CCc1cc2c(c(-c3ccccc3)n1)COC2. The summed E-state index contributed by atoms with van der Waals surface area (Å²) in [6, 6.07) is 12.5. The van der Waals surface area contributed by atoms with E-state index >= 15 is 0 Å². The summed E-state index contributed by atoms with van der Waals surface area (Å²) in [5.41, 5.74) is 5.99. The number of aryl methyl sites for hydroxylation is 1. The summed E-state index contributed by atoms with van der Waals surface area (Å²) >= 11 is 0. The Hall–Kier alpha value is -1.67. The lowest BCUT2D eigenvalue weighted by atomic mass is 10.0. The molecule has 0 fully saturated rings. The average molecular weight is 225 g/mol. The first-order chi connectivity index (χ1) is 8.38. The van der Waals surface area contributed by atoms with Crippen molar-refractivity contribution >= 4 is 0 Å². The monoisotopic (exact) mass is 225 g/mol. The van der Waals surface area contributed by atoms with Crippen LogP contribution in [0.4, 0.5) is 0 Å². The average Bonchev–Trinajstić information content (AvgIpc) is 2.86. The number of rotatable bonds is 2. The Morgan fingerprint density at radius 1 is 1.18 bits per heavy atom. The van der Waals surface area contributed by atoms with Gasteiger partial charge in [-0.2, -0.15) is 0 Å². The van der Waals surface area contributed by atoms with E-state index in [0.717, 1.165) is 24.4 Å². The van der Waals surface area contributed by atoms with Crippen LogP contribution in [0.3, 0.4) is 0 Å². The van der Waals surface area contributed by atoms with Crippen LogP contribution in [0.1, 0.15) is 23.7 Å². The summed E-state index contributed by atoms with van der Waals surface area (Å²) in [6.07, 6.45) is 0.965. The topological polar surface area (TPSA) is 22.1 Å². The van der Waals surface area contributed by atoms with Crippen molar-refractivity contribution in [2.75, 3.05) is 0 Å². The van der Waals surface area contributed by atoms with Crippen LogP contribution in [0.2, 0.25) is 0 Å². The molecule has 0 atom stereocenters. The molecule has 1 aliphatic rings. The third-order valence-corrected chi connectivity index (χ3v) is 3.18. The van der Waals surface area contributed by atoms with E-state index < -0.39 is 0 Å². The predicted octanol–water partition coefficient (Wildman–Crippen LogP) is 3.34. The lowest BCUT2D eigenvalue weighted by Crippen LogP contribution is -1.97. The zero-order chi connectivity index (χ0) is 11.7. The number of benzene rings is 1. The summed E-state index contributed by atoms with van der Waals surface area (Å²) < 4.78 is 5.54. The maximum atomic E-state index is 5.54. The lowest BCUT2D eigenvalue weighted by Gasteiger charge is -2.09. The van der Waals surface area contributed by atoms with E-state index in [4.69, 9.17) is 9.72 Å². The number of nitrogens with zero attached hydrogens (tertiary/aromatic N) is 1. The van der Waals surface area contributed by atoms with Crippen LogP contribution in [0.25, 0.3) is 11.3 Å². The number of pyridine rings is 1. The van der Waals surface area contributed by atoms with Crippen molar-refractivity contribution in [1.29, 1.82) is 0 Å². The van der Waals surface area contributed by atoms with Gasteiger partial charge in [0.05, 0.1) is 18.9 Å². The van der Waals surface area contributed by atoms with Crippen molar-refractivity contribution in [3.63, 3.8) is 0 Å². The van der Waals surface area contributed by atoms with E-state index in [1.807, 2.05) is 6.07 Å². The van der Waals surface area contributed by atoms with Gasteiger partial charge in [-0.15, -0.1) is 0 Å². The molecule has 0 bridgehead atoms. The fourth-order valence-corrected chi connectivity index (χ4v) is 2.25. The second kappa shape index (κ2) is 4.30. The molecule has 17 heavy (non-hydrogen) atoms. The molecule has 0 radical (unpaired) electrons. The standard InChI is InChI=1S/C15H15NO/c1-2-13-8-12-9-17-10-14(12)15(16-13)11-6-4-3-5-7-11/h3-8H,2,9-10H2,1H3. The van der Waals surface area contributed by atoms with Crippen LogP contribution in [-0.4, -0.2) is 4.98 Å². The van der Waals surface area contributed by atoms with Crippen LogP contribution in [0.5, 0.6) is 0 Å². The number of hydrogen-bond donors (Lipinski definition) is 0. The number of hydrogen-bond acceptors (Lipinski definition) is 2. The van der Waals surface area contributed by atoms with Crippen molar-refractivity contribution in [3.05, 3.63) is 53.2 Å². The zero-order valence-electron chi connectivity index (χ0n) is 9.94. The highest BCUT2D eigenvalue weighted by Crippen LogP contribution is 2.30. The van der Waals surface area contributed by atoms with Crippen molar-refractivity contribution in [2.24, 2.45) is 0 Å². The zero-order valence-corrected chi connectivity index (χ0v) is 9.94. The van der Waals surface area contributed by atoms with Crippen LogP contribution >= 0.6 is 0 Å². The molecule has 0 aliphatic carbocycles. The Labute approximate surface area is 101 Å². The number of fused-ring (bicyclic) bond motifs is 1. The molecular weight excluding hydrogens is 210 g/mol. The molecule has 0 spiro atoms. The first-order valence-corrected chi connectivity index (χ1v) is 6.03. The van der Waals surface area contributed by atoms with Gasteiger partial charge in [-0.3, -0.25) is 4.98 Å². The number of aromatic nitrogens is 1. The molecule has 0 saturated carbocycles. The van der Waals surface area contributed by atoms with Gasteiger partial charge < -0.3 is 4.74 Å². The van der Waals surface area contributed by atoms with Crippen LogP contribution in [-0.2, 0) is 24.4 Å². The van der Waals surface area contributed by atoms with Gasteiger partial charge in [0.15, 0.2) is 0 Å². The third-order valence-electron chi connectivity index (χ3n) is 3.18. The molecule has 3 rings (SSSR count). The fraction of sp³-hybridized carbons (Fsp3) is 0.267. The molecule has 1 aromatic carbocycles. The Morgan fingerprint density at radius 3 is 2.76 bits per heavy atom. The highest BCUT2D eigenvalue weighted by molar-refractivity contribution is 5.65. The maximum Gasteiger partial charge on any atom is 0.0764 e. The van der Waals surface area contributed by atoms with Gasteiger partial charge >= 0.3 is 0 Å². The van der Waals surface area contributed by atoms with Crippen molar-refractivity contribution in [2.45, 2.75) is 26.6 Å². The first-order valence-electron chi connectivity index (χ1n) is 6.03.